The molecule has 2 aliphatic heterocycles. The highest BCUT2D eigenvalue weighted by atomic mass is 35.5. The van der Waals surface area contributed by atoms with E-state index in [1.807, 2.05) is 36.6 Å². The molecular formula is C24H29ClFN5O3. The number of carbonyl (C=O) groups is 2. The molecule has 2 amide bonds. The summed E-state index contributed by atoms with van der Waals surface area (Å²) in [4.78, 5) is 28.5. The second kappa shape index (κ2) is 8.83. The fourth-order valence-corrected chi connectivity index (χ4v) is 4.89. The van der Waals surface area contributed by atoms with Crippen LogP contribution >= 0.6 is 11.6 Å². The van der Waals surface area contributed by atoms with Gasteiger partial charge in [0.15, 0.2) is 11.5 Å². The van der Waals surface area contributed by atoms with Crippen molar-refractivity contribution in [2.75, 3.05) is 13.1 Å². The number of carbonyl (C=O) groups excluding carboxylic acids is 2. The second-order valence-electron chi connectivity index (χ2n) is 9.57. The van der Waals surface area contributed by atoms with Gasteiger partial charge in [-0.3, -0.25) is 14.3 Å². The molecule has 2 aromatic rings. The van der Waals surface area contributed by atoms with Crippen molar-refractivity contribution < 1.29 is 18.7 Å². The van der Waals surface area contributed by atoms with E-state index in [-0.39, 0.29) is 24.5 Å². The highest BCUT2D eigenvalue weighted by molar-refractivity contribution is 6.30. The van der Waals surface area contributed by atoms with Crippen molar-refractivity contribution in [2.24, 2.45) is 0 Å². The molecule has 3 heterocycles. The SMILES string of the molecule is CC[C@@H](C)OC(=O)N1Cc2cc(Cl)ccc2-n2c(nnc2C2CCN(C(=O)C3(F)CC3)CC2)C1. The highest BCUT2D eigenvalue weighted by Gasteiger charge is 2.53. The lowest BCUT2D eigenvalue weighted by Gasteiger charge is -2.32. The van der Waals surface area contributed by atoms with E-state index in [1.54, 1.807) is 9.80 Å². The largest absolute Gasteiger partial charge is 0.446 e. The van der Waals surface area contributed by atoms with Gasteiger partial charge in [0.05, 0.1) is 18.8 Å². The van der Waals surface area contributed by atoms with Crippen molar-refractivity contribution in [2.45, 2.75) is 76.7 Å². The molecular weight excluding hydrogens is 461 g/mol. The number of fused-ring (bicyclic) bond motifs is 3. The van der Waals surface area contributed by atoms with Crippen molar-refractivity contribution in [3.8, 4) is 5.69 Å². The third-order valence-electron chi connectivity index (χ3n) is 7.09. The first-order valence-corrected chi connectivity index (χ1v) is 12.3. The lowest BCUT2D eigenvalue weighted by Crippen LogP contribution is -2.43. The average molecular weight is 490 g/mol. The highest BCUT2D eigenvalue weighted by Crippen LogP contribution is 2.42. The Labute approximate surface area is 203 Å². The molecule has 0 radical (unpaired) electrons. The molecule has 10 heteroatoms. The molecule has 1 aromatic heterocycles. The number of alkyl halides is 1. The molecule has 3 aliphatic rings. The maximum atomic E-state index is 14.2. The Bertz CT molecular complexity index is 1110. The van der Waals surface area contributed by atoms with Gasteiger partial charge in [0.25, 0.3) is 5.91 Å². The zero-order chi connectivity index (χ0) is 24.0. The Kier molecular flexibility index (Phi) is 6.00. The number of aromatic nitrogens is 3. The van der Waals surface area contributed by atoms with Gasteiger partial charge in [-0.2, -0.15) is 0 Å². The molecule has 0 unspecified atom stereocenters. The van der Waals surface area contributed by atoms with Crippen molar-refractivity contribution in [1.82, 2.24) is 24.6 Å². The Morgan fingerprint density at radius 2 is 1.94 bits per heavy atom. The topological polar surface area (TPSA) is 80.6 Å². The van der Waals surface area contributed by atoms with E-state index >= 15 is 0 Å². The van der Waals surface area contributed by atoms with Gasteiger partial charge in [0, 0.05) is 24.0 Å². The van der Waals surface area contributed by atoms with E-state index in [4.69, 9.17) is 16.3 Å². The van der Waals surface area contributed by atoms with Crippen LogP contribution in [0.15, 0.2) is 18.2 Å². The van der Waals surface area contributed by atoms with Crippen LogP contribution in [-0.2, 0) is 22.6 Å². The fourth-order valence-electron chi connectivity index (χ4n) is 4.70. The fraction of sp³-hybridized carbons (Fsp3) is 0.583. The van der Waals surface area contributed by atoms with Crippen LogP contribution in [0, 0.1) is 0 Å². The number of benzene rings is 1. The van der Waals surface area contributed by atoms with Gasteiger partial charge in [0.1, 0.15) is 11.9 Å². The number of halogens is 2. The Balaban J connectivity index is 1.42. The first-order valence-electron chi connectivity index (χ1n) is 12.0. The quantitative estimate of drug-likeness (QED) is 0.636. The molecule has 5 rings (SSSR count). The van der Waals surface area contributed by atoms with Crippen LogP contribution < -0.4 is 0 Å². The van der Waals surface area contributed by atoms with Gasteiger partial charge in [0.2, 0.25) is 0 Å². The lowest BCUT2D eigenvalue weighted by atomic mass is 9.95. The third kappa shape index (κ3) is 4.26. The predicted molar refractivity (Wildman–Crippen MR) is 123 cm³/mol. The van der Waals surface area contributed by atoms with Crippen LogP contribution in [0.1, 0.15) is 69.1 Å². The zero-order valence-electron chi connectivity index (χ0n) is 19.5. The number of rotatable bonds is 4. The molecule has 1 aliphatic carbocycles. The van der Waals surface area contributed by atoms with Crippen LogP contribution in [0.2, 0.25) is 5.02 Å². The molecule has 1 saturated carbocycles. The summed E-state index contributed by atoms with van der Waals surface area (Å²) in [6.07, 6.45) is 2.18. The molecule has 34 heavy (non-hydrogen) atoms. The molecule has 1 atom stereocenters. The van der Waals surface area contributed by atoms with E-state index in [9.17, 15) is 14.0 Å². The third-order valence-corrected chi connectivity index (χ3v) is 7.32. The Morgan fingerprint density at radius 3 is 2.62 bits per heavy atom. The molecule has 2 fully saturated rings. The number of hydrogen-bond acceptors (Lipinski definition) is 5. The Morgan fingerprint density at radius 1 is 1.21 bits per heavy atom. The summed E-state index contributed by atoms with van der Waals surface area (Å²) in [5.74, 6) is 1.14. The Hall–Kier alpha value is -2.68. The van der Waals surface area contributed by atoms with E-state index in [2.05, 4.69) is 10.2 Å². The second-order valence-corrected chi connectivity index (χ2v) is 10.0. The number of amides is 2. The van der Waals surface area contributed by atoms with Crippen LogP contribution in [0.4, 0.5) is 9.18 Å². The van der Waals surface area contributed by atoms with Crippen molar-refractivity contribution in [3.05, 3.63) is 40.4 Å². The number of ether oxygens (including phenoxy) is 1. The van der Waals surface area contributed by atoms with Gasteiger partial charge >= 0.3 is 6.09 Å². The monoisotopic (exact) mass is 489 g/mol. The molecule has 182 valence electrons. The maximum absolute atomic E-state index is 14.2. The average Bonchev–Trinajstić information content (AvgIpc) is 3.50. The summed E-state index contributed by atoms with van der Waals surface area (Å²) in [5.41, 5.74) is 0.135. The number of nitrogens with zero attached hydrogens (tertiary/aromatic N) is 5. The van der Waals surface area contributed by atoms with Gasteiger partial charge < -0.3 is 9.64 Å². The van der Waals surface area contributed by atoms with Crippen molar-refractivity contribution in [1.29, 1.82) is 0 Å². The predicted octanol–water partition coefficient (Wildman–Crippen LogP) is 4.38. The van der Waals surface area contributed by atoms with Gasteiger partial charge in [-0.25, -0.2) is 9.18 Å². The van der Waals surface area contributed by atoms with Gasteiger partial charge in [-0.05, 0) is 62.8 Å². The number of hydrogen-bond donors (Lipinski definition) is 0. The standard InChI is InChI=1S/C24H29ClFN5O3/c1-3-15(2)34-23(33)30-13-17-12-18(25)4-5-19(17)31-20(14-30)27-28-21(31)16-6-10-29(11-7-16)22(32)24(26)8-9-24/h4-5,12,15-16H,3,6-11,13-14H2,1-2H3/t15-/m1/s1. The molecule has 1 aromatic carbocycles. The summed E-state index contributed by atoms with van der Waals surface area (Å²) in [6.45, 7) is 5.44. The lowest BCUT2D eigenvalue weighted by molar-refractivity contribution is -0.139. The smallest absolute Gasteiger partial charge is 0.410 e. The van der Waals surface area contributed by atoms with Gasteiger partial charge in [-0.15, -0.1) is 10.2 Å². The molecule has 1 saturated heterocycles. The van der Waals surface area contributed by atoms with E-state index in [1.165, 1.54) is 0 Å². The zero-order valence-corrected chi connectivity index (χ0v) is 20.2. The van der Waals surface area contributed by atoms with Crippen LogP contribution in [0.3, 0.4) is 0 Å². The van der Waals surface area contributed by atoms with Crippen LogP contribution in [0.5, 0.6) is 0 Å². The van der Waals surface area contributed by atoms with Crippen molar-refractivity contribution >= 4 is 23.6 Å². The van der Waals surface area contributed by atoms with Crippen LogP contribution in [-0.4, -0.2) is 61.4 Å². The molecule has 0 N–H and O–H groups in total. The van der Waals surface area contributed by atoms with E-state index in [0.29, 0.717) is 56.2 Å². The summed E-state index contributed by atoms with van der Waals surface area (Å²) in [6, 6.07) is 5.60. The molecule has 0 spiro atoms. The first-order chi connectivity index (χ1) is 16.3. The van der Waals surface area contributed by atoms with E-state index in [0.717, 1.165) is 23.5 Å². The van der Waals surface area contributed by atoms with Gasteiger partial charge in [-0.1, -0.05) is 18.5 Å². The maximum Gasteiger partial charge on any atom is 0.410 e. The molecule has 0 bridgehead atoms. The van der Waals surface area contributed by atoms with Crippen LogP contribution in [0.25, 0.3) is 5.69 Å². The van der Waals surface area contributed by atoms with E-state index < -0.39 is 11.8 Å². The normalized spacial score (nSPS) is 20.2. The first kappa shape index (κ1) is 23.1. The summed E-state index contributed by atoms with van der Waals surface area (Å²) in [5, 5.41) is 9.53. The molecule has 8 nitrogen and oxygen atoms in total. The summed E-state index contributed by atoms with van der Waals surface area (Å²) >= 11 is 6.30. The minimum atomic E-state index is -1.63. The number of piperidine rings is 1. The summed E-state index contributed by atoms with van der Waals surface area (Å²) < 4.78 is 21.8. The minimum absolute atomic E-state index is 0.0715. The minimum Gasteiger partial charge on any atom is -0.446 e. The number of likely N-dealkylation sites (tertiary alicyclic amines) is 1. The van der Waals surface area contributed by atoms with Crippen molar-refractivity contribution in [3.63, 3.8) is 0 Å². The summed E-state index contributed by atoms with van der Waals surface area (Å²) in [7, 11) is 0.